The van der Waals surface area contributed by atoms with Gasteiger partial charge in [0.05, 0.1) is 13.2 Å². The van der Waals surface area contributed by atoms with Crippen LogP contribution >= 0.6 is 0 Å². The van der Waals surface area contributed by atoms with Gasteiger partial charge in [-0.2, -0.15) is 10.3 Å². The quantitative estimate of drug-likeness (QED) is 0.573. The second-order valence-electron chi connectivity index (χ2n) is 7.34. The van der Waals surface area contributed by atoms with Gasteiger partial charge < -0.3 is 29.0 Å². The molecule has 29 heavy (non-hydrogen) atoms. The lowest BCUT2D eigenvalue weighted by Crippen LogP contribution is -2.67. The first-order chi connectivity index (χ1) is 14.1. The number of likely N-dealkylation sites (N-methyl/N-ethyl adjacent to an activating group) is 1. The second kappa shape index (κ2) is 8.55. The highest BCUT2D eigenvalue weighted by Crippen LogP contribution is 2.29. The molecule has 2 fully saturated rings. The molecule has 3 heterocycles. The lowest BCUT2D eigenvalue weighted by molar-refractivity contribution is -0.364. The molecule has 8 heteroatoms. The van der Waals surface area contributed by atoms with Crippen LogP contribution in [0.3, 0.4) is 0 Å². The van der Waals surface area contributed by atoms with Crippen molar-refractivity contribution in [2.75, 3.05) is 69.3 Å². The highest BCUT2D eigenvalue weighted by atomic mass is 16.5. The van der Waals surface area contributed by atoms with Crippen LogP contribution in [0.4, 0.5) is 17.1 Å². The number of nitriles is 1. The van der Waals surface area contributed by atoms with Gasteiger partial charge in [-0.1, -0.05) is 0 Å². The molecule has 2 aromatic rings. The number of morpholine rings is 1. The van der Waals surface area contributed by atoms with E-state index in [1.54, 1.807) is 6.07 Å². The number of piperazine rings is 1. The summed E-state index contributed by atoms with van der Waals surface area (Å²) in [6.45, 7) is 7.01. The van der Waals surface area contributed by atoms with Crippen LogP contribution in [-0.2, 0) is 4.74 Å². The van der Waals surface area contributed by atoms with Gasteiger partial charge in [-0.25, -0.2) is 0 Å². The summed E-state index contributed by atoms with van der Waals surface area (Å²) in [5.41, 5.74) is 2.98. The Labute approximate surface area is 170 Å². The van der Waals surface area contributed by atoms with Crippen LogP contribution in [0.1, 0.15) is 11.5 Å². The van der Waals surface area contributed by atoms with Crippen LogP contribution in [0.25, 0.3) is 0 Å². The molecular formula is C21H26N5O3+. The Balaban J connectivity index is 1.66. The summed E-state index contributed by atoms with van der Waals surface area (Å²) in [6, 6.07) is 11.3. The highest BCUT2D eigenvalue weighted by Gasteiger charge is 2.23. The lowest BCUT2D eigenvalue weighted by atomic mass is 10.1. The molecule has 0 unspecified atom stereocenters. The minimum absolute atomic E-state index is 0.117. The van der Waals surface area contributed by atoms with E-state index < -0.39 is 0 Å². The van der Waals surface area contributed by atoms with Crippen molar-refractivity contribution in [1.82, 2.24) is 4.90 Å². The van der Waals surface area contributed by atoms with Crippen molar-refractivity contribution in [3.05, 3.63) is 41.9 Å². The van der Waals surface area contributed by atoms with Crippen molar-refractivity contribution in [2.45, 2.75) is 0 Å². The number of rotatable bonds is 4. The Morgan fingerprint density at radius 1 is 1.03 bits per heavy atom. The van der Waals surface area contributed by atoms with E-state index in [2.05, 4.69) is 38.9 Å². The van der Waals surface area contributed by atoms with E-state index >= 15 is 0 Å². The first kappa shape index (κ1) is 19.3. The highest BCUT2D eigenvalue weighted by molar-refractivity contribution is 5.86. The number of furan rings is 1. The van der Waals surface area contributed by atoms with E-state index in [-0.39, 0.29) is 17.4 Å². The number of nitrogens with zero attached hydrogens (tertiary/aromatic N) is 4. The zero-order chi connectivity index (χ0) is 20.2. The third kappa shape index (κ3) is 4.36. The van der Waals surface area contributed by atoms with Gasteiger partial charge in [0.15, 0.2) is 0 Å². The Hall–Kier alpha value is -3.02. The minimum atomic E-state index is -0.117. The molecular weight excluding hydrogens is 370 g/mol. The number of aliphatic hydroxyl groups is 1. The average Bonchev–Trinajstić information content (AvgIpc) is 3.25. The van der Waals surface area contributed by atoms with Gasteiger partial charge in [0, 0.05) is 51.0 Å². The molecule has 8 nitrogen and oxygen atoms in total. The molecule has 2 saturated heterocycles. The molecule has 2 aliphatic heterocycles. The fraction of sp³-hybridized carbons (Fsp3) is 0.429. The molecule has 2 aliphatic rings. The molecule has 0 bridgehead atoms. The first-order valence-electron chi connectivity index (χ1n) is 9.87. The summed E-state index contributed by atoms with van der Waals surface area (Å²) in [4.78, 5) is 10.1. The molecule has 4 rings (SSSR count). The van der Waals surface area contributed by atoms with Gasteiger partial charge >= 0.3 is 5.90 Å². The molecule has 0 spiro atoms. The minimum Gasteiger partial charge on any atom is -0.457 e. The summed E-state index contributed by atoms with van der Waals surface area (Å²) < 4.78 is 10.8. The topological polar surface area (TPSA) is 90.1 Å². The fourth-order valence-electron chi connectivity index (χ4n) is 3.67. The van der Waals surface area contributed by atoms with E-state index in [1.807, 2.05) is 12.1 Å². The molecule has 152 valence electrons. The van der Waals surface area contributed by atoms with Crippen molar-refractivity contribution in [1.29, 1.82) is 5.26 Å². The van der Waals surface area contributed by atoms with Gasteiger partial charge in [0.2, 0.25) is 17.2 Å². The standard InChI is InChI=1S/C21H25N5O3/c1-24-6-8-25(9-7-24)16-2-4-18(19(14-16)26-10-12-28-13-11-26)23-21(27)20-5-3-17(15-22)29-20/h2-5,14H,6-13H2,1H3,(H,23,27)/p+1. The number of benzene rings is 1. The van der Waals surface area contributed by atoms with Crippen LogP contribution in [0.5, 0.6) is 0 Å². The van der Waals surface area contributed by atoms with Gasteiger partial charge in [-0.15, -0.1) is 0 Å². The van der Waals surface area contributed by atoms with E-state index in [0.29, 0.717) is 13.2 Å². The van der Waals surface area contributed by atoms with Crippen molar-refractivity contribution >= 4 is 23.0 Å². The van der Waals surface area contributed by atoms with Crippen LogP contribution in [0.2, 0.25) is 0 Å². The Kier molecular flexibility index (Phi) is 5.69. The van der Waals surface area contributed by atoms with Crippen molar-refractivity contribution in [3.8, 4) is 6.07 Å². The summed E-state index contributed by atoms with van der Waals surface area (Å²) in [5, 5.41) is 19.4. The van der Waals surface area contributed by atoms with Gasteiger partial charge in [-0.05, 0) is 31.3 Å². The molecule has 0 saturated carbocycles. The van der Waals surface area contributed by atoms with Crippen molar-refractivity contribution in [3.63, 3.8) is 0 Å². The zero-order valence-electron chi connectivity index (χ0n) is 16.6. The monoisotopic (exact) mass is 396 g/mol. The van der Waals surface area contributed by atoms with Crippen molar-refractivity contribution < 1.29 is 19.3 Å². The Morgan fingerprint density at radius 2 is 1.79 bits per heavy atom. The largest absolute Gasteiger partial charge is 0.457 e. The summed E-state index contributed by atoms with van der Waals surface area (Å²) in [6.07, 6.45) is 0. The predicted molar refractivity (Wildman–Crippen MR) is 110 cm³/mol. The van der Waals surface area contributed by atoms with Crippen LogP contribution in [-0.4, -0.2) is 75.4 Å². The average molecular weight is 396 g/mol. The van der Waals surface area contributed by atoms with Crippen molar-refractivity contribution in [2.24, 2.45) is 0 Å². The normalized spacial score (nSPS) is 18.7. The van der Waals surface area contributed by atoms with Gasteiger partial charge in [-0.3, -0.25) is 0 Å². The van der Waals surface area contributed by atoms with E-state index in [9.17, 15) is 5.11 Å². The number of nitrogens with one attached hydrogen (secondary N) is 1. The van der Waals surface area contributed by atoms with Gasteiger partial charge in [0.25, 0.3) is 0 Å². The van der Waals surface area contributed by atoms with Crippen LogP contribution < -0.4 is 14.8 Å². The SMILES string of the molecule is CN1CCN(c2ccc([NH+]=C(O)c3ccc(C#N)o3)c(N3CCOCC3)c2)CC1. The zero-order valence-corrected chi connectivity index (χ0v) is 16.6. The summed E-state index contributed by atoms with van der Waals surface area (Å²) in [7, 11) is 2.15. The van der Waals surface area contributed by atoms with E-state index in [0.717, 1.165) is 50.6 Å². The molecule has 1 aromatic carbocycles. The molecule has 0 radical (unpaired) electrons. The molecule has 1 aromatic heterocycles. The fourth-order valence-corrected chi connectivity index (χ4v) is 3.67. The third-order valence-corrected chi connectivity index (χ3v) is 5.40. The smallest absolute Gasteiger partial charge is 0.408 e. The lowest BCUT2D eigenvalue weighted by Gasteiger charge is -2.35. The van der Waals surface area contributed by atoms with E-state index in [1.165, 1.54) is 11.8 Å². The van der Waals surface area contributed by atoms with Crippen LogP contribution in [0, 0.1) is 11.3 Å². The predicted octanol–water partition coefficient (Wildman–Crippen LogP) is 0.457. The molecule has 0 aliphatic carbocycles. The number of hydrogen-bond donors (Lipinski definition) is 2. The molecule has 2 N–H and O–H groups in total. The number of hydrogen-bond acceptors (Lipinski definition) is 6. The number of ether oxygens (including phenoxy) is 1. The Morgan fingerprint density at radius 3 is 2.48 bits per heavy atom. The maximum Gasteiger partial charge on any atom is 0.408 e. The van der Waals surface area contributed by atoms with Crippen LogP contribution in [0.15, 0.2) is 34.7 Å². The molecule has 0 atom stereocenters. The number of anilines is 2. The summed E-state index contributed by atoms with van der Waals surface area (Å²) >= 11 is 0. The second-order valence-corrected chi connectivity index (χ2v) is 7.34. The third-order valence-electron chi connectivity index (χ3n) is 5.40. The summed E-state index contributed by atoms with van der Waals surface area (Å²) in [5.74, 6) is 0.276. The van der Waals surface area contributed by atoms with E-state index in [4.69, 9.17) is 14.4 Å². The van der Waals surface area contributed by atoms with Gasteiger partial charge in [0.1, 0.15) is 11.8 Å². The first-order valence-corrected chi connectivity index (χ1v) is 9.87. The molecule has 0 amide bonds. The maximum absolute atomic E-state index is 10.5. The Bertz CT molecular complexity index is 919. The number of aliphatic hydroxyl groups excluding tert-OH is 1. The maximum atomic E-state index is 10.5.